The minimum Gasteiger partial charge on any atom is -0.507 e. The summed E-state index contributed by atoms with van der Waals surface area (Å²) in [4.78, 5) is 12.0. The molecule has 0 aromatic heterocycles. The number of phenols is 1. The molecule has 2 heterocycles. The lowest BCUT2D eigenvalue weighted by atomic mass is 9.95. The average molecular weight is 251 g/mol. The largest absolute Gasteiger partial charge is 0.507 e. The molecule has 0 spiro atoms. The zero-order chi connectivity index (χ0) is 12.7. The van der Waals surface area contributed by atoms with Gasteiger partial charge in [-0.25, -0.2) is 4.39 Å². The first-order valence-corrected chi connectivity index (χ1v) is 6.09. The normalized spacial score (nSPS) is 29.5. The third-order valence-electron chi connectivity index (χ3n) is 3.64. The molecular formula is C13H14FNO3. The Kier molecular flexibility index (Phi) is 2.70. The molecule has 2 bridgehead atoms. The Hall–Kier alpha value is -1.62. The minimum absolute atomic E-state index is 0.0351. The van der Waals surface area contributed by atoms with E-state index >= 15 is 0 Å². The summed E-state index contributed by atoms with van der Waals surface area (Å²) >= 11 is 0. The van der Waals surface area contributed by atoms with Gasteiger partial charge in [0, 0.05) is 0 Å². The van der Waals surface area contributed by atoms with E-state index in [9.17, 15) is 14.3 Å². The number of carbonyl (C=O) groups is 1. The maximum atomic E-state index is 13.5. The van der Waals surface area contributed by atoms with Crippen LogP contribution in [-0.2, 0) is 4.74 Å². The fraction of sp³-hybridized carbons (Fsp3) is 0.462. The Morgan fingerprint density at radius 2 is 2.28 bits per heavy atom. The van der Waals surface area contributed by atoms with E-state index < -0.39 is 11.7 Å². The Morgan fingerprint density at radius 3 is 2.89 bits per heavy atom. The van der Waals surface area contributed by atoms with Gasteiger partial charge in [-0.2, -0.15) is 0 Å². The zero-order valence-electron chi connectivity index (χ0n) is 9.73. The van der Waals surface area contributed by atoms with Crippen LogP contribution in [0.3, 0.4) is 0 Å². The Bertz CT molecular complexity index is 471. The van der Waals surface area contributed by atoms with Crippen LogP contribution < -0.4 is 5.32 Å². The summed E-state index contributed by atoms with van der Waals surface area (Å²) < 4.78 is 19.1. The molecule has 0 saturated carbocycles. The fourth-order valence-corrected chi connectivity index (χ4v) is 2.77. The molecule has 0 aliphatic carbocycles. The summed E-state index contributed by atoms with van der Waals surface area (Å²) in [6, 6.07) is 3.75. The van der Waals surface area contributed by atoms with Gasteiger partial charge in [0.15, 0.2) is 0 Å². The van der Waals surface area contributed by atoms with Crippen molar-refractivity contribution < 1.29 is 19.0 Å². The number of hydrogen-bond acceptors (Lipinski definition) is 3. The van der Waals surface area contributed by atoms with Crippen molar-refractivity contribution >= 4 is 5.91 Å². The van der Waals surface area contributed by atoms with Crippen molar-refractivity contribution in [3.63, 3.8) is 0 Å². The van der Waals surface area contributed by atoms with Crippen LogP contribution in [0.25, 0.3) is 0 Å². The average Bonchev–Trinajstić information content (AvgIpc) is 2.90. The summed E-state index contributed by atoms with van der Waals surface area (Å²) in [6.07, 6.45) is 2.98. The SMILES string of the molecule is O=C(NC1CC2CCC1O2)c1c(O)cccc1F. The van der Waals surface area contributed by atoms with Gasteiger partial charge in [-0.15, -0.1) is 0 Å². The molecular weight excluding hydrogens is 237 g/mol. The topological polar surface area (TPSA) is 58.6 Å². The lowest BCUT2D eigenvalue weighted by Gasteiger charge is -2.20. The summed E-state index contributed by atoms with van der Waals surface area (Å²) in [5.41, 5.74) is -0.291. The van der Waals surface area contributed by atoms with E-state index in [1.165, 1.54) is 12.1 Å². The number of halogens is 1. The number of carbonyl (C=O) groups excluding carboxylic acids is 1. The van der Waals surface area contributed by atoms with Crippen molar-refractivity contribution in [1.82, 2.24) is 5.32 Å². The lowest BCUT2D eigenvalue weighted by Crippen LogP contribution is -2.41. The second-order valence-electron chi connectivity index (χ2n) is 4.82. The monoisotopic (exact) mass is 251 g/mol. The van der Waals surface area contributed by atoms with E-state index in [-0.39, 0.29) is 29.6 Å². The van der Waals surface area contributed by atoms with E-state index in [1.807, 2.05) is 0 Å². The van der Waals surface area contributed by atoms with Crippen LogP contribution in [0.15, 0.2) is 18.2 Å². The number of hydrogen-bond donors (Lipinski definition) is 2. The van der Waals surface area contributed by atoms with Gasteiger partial charge in [0.1, 0.15) is 17.1 Å². The summed E-state index contributed by atoms with van der Waals surface area (Å²) in [6.45, 7) is 0. The number of ether oxygens (including phenoxy) is 1. The van der Waals surface area contributed by atoms with Gasteiger partial charge in [-0.1, -0.05) is 6.07 Å². The van der Waals surface area contributed by atoms with Crippen LogP contribution in [0.2, 0.25) is 0 Å². The highest BCUT2D eigenvalue weighted by molar-refractivity contribution is 5.97. The third kappa shape index (κ3) is 1.84. The molecule has 1 aromatic carbocycles. The van der Waals surface area contributed by atoms with Gasteiger partial charge in [0.25, 0.3) is 5.91 Å². The molecule has 1 aromatic rings. The van der Waals surface area contributed by atoms with Gasteiger partial charge in [-0.05, 0) is 31.4 Å². The van der Waals surface area contributed by atoms with Gasteiger partial charge in [0.2, 0.25) is 0 Å². The number of amides is 1. The van der Waals surface area contributed by atoms with E-state index in [0.29, 0.717) is 0 Å². The quantitative estimate of drug-likeness (QED) is 0.839. The van der Waals surface area contributed by atoms with E-state index in [2.05, 4.69) is 5.32 Å². The van der Waals surface area contributed by atoms with Crippen molar-refractivity contribution in [3.05, 3.63) is 29.6 Å². The van der Waals surface area contributed by atoms with Crippen molar-refractivity contribution in [2.24, 2.45) is 0 Å². The van der Waals surface area contributed by atoms with Gasteiger partial charge >= 0.3 is 0 Å². The van der Waals surface area contributed by atoms with Crippen LogP contribution in [0.1, 0.15) is 29.6 Å². The summed E-state index contributed by atoms with van der Waals surface area (Å²) in [7, 11) is 0. The molecule has 3 rings (SSSR count). The Labute approximate surface area is 104 Å². The van der Waals surface area contributed by atoms with E-state index in [0.717, 1.165) is 25.3 Å². The van der Waals surface area contributed by atoms with Gasteiger partial charge in [-0.3, -0.25) is 4.79 Å². The predicted octanol–water partition coefficient (Wildman–Crippen LogP) is 1.58. The smallest absolute Gasteiger partial charge is 0.258 e. The molecule has 96 valence electrons. The van der Waals surface area contributed by atoms with Crippen molar-refractivity contribution in [2.45, 2.75) is 37.5 Å². The summed E-state index contributed by atoms with van der Waals surface area (Å²) in [5.74, 6) is -1.63. The first-order chi connectivity index (χ1) is 8.65. The van der Waals surface area contributed by atoms with Crippen molar-refractivity contribution in [1.29, 1.82) is 0 Å². The molecule has 2 fully saturated rings. The molecule has 5 heteroatoms. The van der Waals surface area contributed by atoms with Gasteiger partial charge in [0.05, 0.1) is 18.2 Å². The highest BCUT2D eigenvalue weighted by Gasteiger charge is 2.41. The van der Waals surface area contributed by atoms with Crippen LogP contribution in [-0.4, -0.2) is 29.3 Å². The van der Waals surface area contributed by atoms with E-state index in [4.69, 9.17) is 4.74 Å². The molecule has 3 unspecified atom stereocenters. The first kappa shape index (κ1) is 11.5. The van der Waals surface area contributed by atoms with Crippen LogP contribution in [0.5, 0.6) is 5.75 Å². The molecule has 2 aliphatic heterocycles. The Balaban J connectivity index is 1.75. The highest BCUT2D eigenvalue weighted by Crippen LogP contribution is 2.34. The maximum Gasteiger partial charge on any atom is 0.258 e. The maximum absolute atomic E-state index is 13.5. The van der Waals surface area contributed by atoms with Crippen LogP contribution in [0, 0.1) is 5.82 Å². The molecule has 2 aliphatic rings. The molecule has 1 amide bonds. The number of fused-ring (bicyclic) bond motifs is 2. The molecule has 2 saturated heterocycles. The zero-order valence-corrected chi connectivity index (χ0v) is 9.73. The molecule has 2 N–H and O–H groups in total. The molecule has 4 nitrogen and oxygen atoms in total. The second kappa shape index (κ2) is 4.24. The number of rotatable bonds is 2. The predicted molar refractivity (Wildman–Crippen MR) is 61.8 cm³/mol. The fourth-order valence-electron chi connectivity index (χ4n) is 2.77. The lowest BCUT2D eigenvalue weighted by molar-refractivity contribution is 0.0836. The van der Waals surface area contributed by atoms with Crippen molar-refractivity contribution in [3.8, 4) is 5.75 Å². The van der Waals surface area contributed by atoms with E-state index in [1.54, 1.807) is 0 Å². The number of nitrogens with one attached hydrogen (secondary N) is 1. The third-order valence-corrected chi connectivity index (χ3v) is 3.64. The highest BCUT2D eigenvalue weighted by atomic mass is 19.1. The standard InChI is InChI=1S/C13H14FNO3/c14-8-2-1-3-10(16)12(8)13(17)15-9-6-7-4-5-11(9)18-7/h1-3,7,9,11,16H,4-6H2,(H,15,17). The minimum atomic E-state index is -0.712. The molecule has 0 radical (unpaired) electrons. The number of aromatic hydroxyl groups is 1. The van der Waals surface area contributed by atoms with Gasteiger partial charge < -0.3 is 15.2 Å². The number of benzene rings is 1. The molecule has 3 atom stereocenters. The second-order valence-corrected chi connectivity index (χ2v) is 4.82. The molecule has 18 heavy (non-hydrogen) atoms. The first-order valence-electron chi connectivity index (χ1n) is 6.09. The van der Waals surface area contributed by atoms with Crippen LogP contribution in [0.4, 0.5) is 4.39 Å². The summed E-state index contributed by atoms with van der Waals surface area (Å²) in [5, 5.41) is 12.3. The Morgan fingerprint density at radius 1 is 1.44 bits per heavy atom. The number of phenolic OH excluding ortho intramolecular Hbond substituents is 1. The van der Waals surface area contributed by atoms with Crippen molar-refractivity contribution in [2.75, 3.05) is 0 Å². The van der Waals surface area contributed by atoms with Crippen LogP contribution >= 0.6 is 0 Å².